The molecule has 3 N–H and O–H groups in total. The zero-order valence-corrected chi connectivity index (χ0v) is 10.6. The smallest absolute Gasteiger partial charge is 0.253 e. The fourth-order valence-electron chi connectivity index (χ4n) is 1.41. The Morgan fingerprint density at radius 1 is 1.47 bits per heavy atom. The van der Waals surface area contributed by atoms with Crippen molar-refractivity contribution in [1.82, 2.24) is 5.32 Å². The normalized spacial score (nSPS) is 10.2. The van der Waals surface area contributed by atoms with Crippen LogP contribution in [0.3, 0.4) is 0 Å². The van der Waals surface area contributed by atoms with Crippen LogP contribution in [0.2, 0.25) is 0 Å². The van der Waals surface area contributed by atoms with Crippen LogP contribution in [0.15, 0.2) is 18.2 Å². The molecular weight excluding hydrogens is 239 g/mol. The molecule has 0 aromatic heterocycles. The van der Waals surface area contributed by atoms with Gasteiger partial charge in [0.25, 0.3) is 5.91 Å². The molecule has 0 saturated heterocycles. The van der Waals surface area contributed by atoms with E-state index in [0.29, 0.717) is 12.1 Å². The van der Waals surface area contributed by atoms with Crippen LogP contribution in [-0.2, 0) is 0 Å². The number of nitrogen functional groups attached to an aromatic ring is 1. The van der Waals surface area contributed by atoms with Gasteiger partial charge in [-0.1, -0.05) is 0 Å². The molecule has 0 spiro atoms. The van der Waals surface area contributed by atoms with Gasteiger partial charge in [0.05, 0.1) is 5.56 Å². The topological polar surface area (TPSA) is 55.1 Å². The summed E-state index contributed by atoms with van der Waals surface area (Å²) < 4.78 is 12.8. The van der Waals surface area contributed by atoms with Gasteiger partial charge < -0.3 is 11.1 Å². The zero-order chi connectivity index (χ0) is 12.7. The molecule has 5 heteroatoms. The molecule has 0 bridgehead atoms. The molecule has 1 amide bonds. The minimum Gasteiger partial charge on any atom is -0.398 e. The molecule has 0 heterocycles. The first-order chi connectivity index (χ1) is 8.15. The molecule has 0 aliphatic carbocycles. The third-order valence-corrected chi connectivity index (χ3v) is 3.02. The van der Waals surface area contributed by atoms with E-state index >= 15 is 0 Å². The number of amides is 1. The van der Waals surface area contributed by atoms with E-state index in [1.165, 1.54) is 12.1 Å². The monoisotopic (exact) mass is 256 g/mol. The van der Waals surface area contributed by atoms with Crippen molar-refractivity contribution in [3.63, 3.8) is 0 Å². The molecule has 0 atom stereocenters. The summed E-state index contributed by atoms with van der Waals surface area (Å²) in [5, 5.41) is 2.77. The van der Waals surface area contributed by atoms with E-state index in [1.54, 1.807) is 11.8 Å². The Labute approximate surface area is 105 Å². The quantitative estimate of drug-likeness (QED) is 0.606. The first kappa shape index (κ1) is 13.8. The van der Waals surface area contributed by atoms with E-state index in [0.717, 1.165) is 24.7 Å². The van der Waals surface area contributed by atoms with Crippen molar-refractivity contribution in [1.29, 1.82) is 0 Å². The predicted octanol–water partition coefficient (Wildman–Crippen LogP) is 2.28. The third kappa shape index (κ3) is 4.65. The number of carbonyl (C=O) groups excluding carboxylic acids is 1. The van der Waals surface area contributed by atoms with Gasteiger partial charge in [-0.2, -0.15) is 11.8 Å². The lowest BCUT2D eigenvalue weighted by Crippen LogP contribution is -2.25. The van der Waals surface area contributed by atoms with Crippen LogP contribution in [0.4, 0.5) is 10.1 Å². The zero-order valence-electron chi connectivity index (χ0n) is 9.83. The van der Waals surface area contributed by atoms with Gasteiger partial charge in [0.1, 0.15) is 5.82 Å². The maximum Gasteiger partial charge on any atom is 0.253 e. The molecule has 3 nitrogen and oxygen atoms in total. The summed E-state index contributed by atoms with van der Waals surface area (Å²) in [6.45, 7) is 0.621. The lowest BCUT2D eigenvalue weighted by Gasteiger charge is -2.07. The first-order valence-electron chi connectivity index (χ1n) is 5.47. The number of benzene rings is 1. The Kier molecular flexibility index (Phi) is 5.83. The van der Waals surface area contributed by atoms with E-state index in [1.807, 2.05) is 0 Å². The molecule has 0 aliphatic rings. The Hall–Kier alpha value is -1.23. The Balaban J connectivity index is 2.42. The largest absolute Gasteiger partial charge is 0.398 e. The van der Waals surface area contributed by atoms with E-state index in [-0.39, 0.29) is 11.6 Å². The minimum atomic E-state index is -0.431. The maximum absolute atomic E-state index is 12.8. The second-order valence-electron chi connectivity index (χ2n) is 3.69. The van der Waals surface area contributed by atoms with Crippen molar-refractivity contribution < 1.29 is 9.18 Å². The highest BCUT2D eigenvalue weighted by Gasteiger charge is 2.09. The number of halogens is 1. The molecule has 1 rings (SSSR count). The first-order valence-corrected chi connectivity index (χ1v) is 6.86. The van der Waals surface area contributed by atoms with E-state index in [2.05, 4.69) is 11.6 Å². The summed E-state index contributed by atoms with van der Waals surface area (Å²) >= 11 is 1.79. The number of nitrogens with one attached hydrogen (secondary N) is 1. The molecule has 0 unspecified atom stereocenters. The van der Waals surface area contributed by atoms with Gasteiger partial charge in [0.15, 0.2) is 0 Å². The van der Waals surface area contributed by atoms with Gasteiger partial charge in [-0.05, 0) is 43.0 Å². The molecular formula is C12H17FN2OS. The van der Waals surface area contributed by atoms with Crippen LogP contribution in [0, 0.1) is 5.82 Å². The summed E-state index contributed by atoms with van der Waals surface area (Å²) in [5.74, 6) is 0.417. The Morgan fingerprint density at radius 2 is 2.24 bits per heavy atom. The predicted molar refractivity (Wildman–Crippen MR) is 70.8 cm³/mol. The van der Waals surface area contributed by atoms with Gasteiger partial charge in [0, 0.05) is 12.2 Å². The summed E-state index contributed by atoms with van der Waals surface area (Å²) in [4.78, 5) is 11.7. The molecule has 94 valence electrons. The average Bonchev–Trinajstić information content (AvgIpc) is 2.28. The van der Waals surface area contributed by atoms with Crippen molar-refractivity contribution in [3.8, 4) is 0 Å². The van der Waals surface area contributed by atoms with Gasteiger partial charge in [0.2, 0.25) is 0 Å². The van der Waals surface area contributed by atoms with Crippen LogP contribution in [-0.4, -0.2) is 24.5 Å². The lowest BCUT2D eigenvalue weighted by molar-refractivity contribution is 0.0954. The van der Waals surface area contributed by atoms with Crippen LogP contribution in [0.25, 0.3) is 0 Å². The van der Waals surface area contributed by atoms with Crippen LogP contribution in [0.1, 0.15) is 23.2 Å². The van der Waals surface area contributed by atoms with Crippen molar-refractivity contribution in [3.05, 3.63) is 29.6 Å². The number of nitrogens with two attached hydrogens (primary N) is 1. The van der Waals surface area contributed by atoms with Crippen molar-refractivity contribution >= 4 is 23.4 Å². The summed E-state index contributed by atoms with van der Waals surface area (Å²) in [6.07, 6.45) is 4.06. The molecule has 1 aromatic carbocycles. The summed E-state index contributed by atoms with van der Waals surface area (Å²) in [5.41, 5.74) is 6.07. The highest BCUT2D eigenvalue weighted by molar-refractivity contribution is 7.98. The van der Waals surface area contributed by atoms with Gasteiger partial charge in [-0.15, -0.1) is 0 Å². The number of thioether (sulfide) groups is 1. The average molecular weight is 256 g/mol. The molecule has 17 heavy (non-hydrogen) atoms. The minimum absolute atomic E-state index is 0.173. The van der Waals surface area contributed by atoms with E-state index in [4.69, 9.17) is 5.73 Å². The fraction of sp³-hybridized carbons (Fsp3) is 0.417. The van der Waals surface area contributed by atoms with Gasteiger partial charge >= 0.3 is 0 Å². The number of carbonyl (C=O) groups is 1. The number of hydrogen-bond acceptors (Lipinski definition) is 3. The molecule has 0 saturated carbocycles. The third-order valence-electron chi connectivity index (χ3n) is 2.32. The molecule has 1 aromatic rings. The van der Waals surface area contributed by atoms with Crippen LogP contribution < -0.4 is 11.1 Å². The number of hydrogen-bond donors (Lipinski definition) is 2. The van der Waals surface area contributed by atoms with Gasteiger partial charge in [-0.3, -0.25) is 4.79 Å². The lowest BCUT2D eigenvalue weighted by atomic mass is 10.1. The summed E-state index contributed by atoms with van der Waals surface area (Å²) in [7, 11) is 0. The maximum atomic E-state index is 12.8. The number of unbranched alkanes of at least 4 members (excludes halogenated alkanes) is 1. The second kappa shape index (κ2) is 7.17. The highest BCUT2D eigenvalue weighted by atomic mass is 32.2. The second-order valence-corrected chi connectivity index (χ2v) is 4.67. The van der Waals surface area contributed by atoms with Crippen molar-refractivity contribution in [2.24, 2.45) is 0 Å². The van der Waals surface area contributed by atoms with E-state index < -0.39 is 5.82 Å². The van der Waals surface area contributed by atoms with Crippen LogP contribution in [0.5, 0.6) is 0 Å². The Bertz CT molecular complexity index is 385. The fourth-order valence-corrected chi connectivity index (χ4v) is 1.90. The van der Waals surface area contributed by atoms with Crippen molar-refractivity contribution in [2.75, 3.05) is 24.3 Å². The number of anilines is 1. The molecule has 0 aliphatic heterocycles. The number of rotatable bonds is 6. The van der Waals surface area contributed by atoms with Gasteiger partial charge in [-0.25, -0.2) is 4.39 Å². The Morgan fingerprint density at radius 3 is 2.88 bits per heavy atom. The van der Waals surface area contributed by atoms with Crippen molar-refractivity contribution in [2.45, 2.75) is 12.8 Å². The SMILES string of the molecule is CSCCCCNC(=O)c1ccc(F)cc1N. The van der Waals surface area contributed by atoms with Crippen LogP contribution >= 0.6 is 11.8 Å². The molecule has 0 fully saturated rings. The standard InChI is InChI=1S/C12H17FN2OS/c1-17-7-3-2-6-15-12(16)10-5-4-9(13)8-11(10)14/h4-5,8H,2-3,6-7,14H2,1H3,(H,15,16). The highest BCUT2D eigenvalue weighted by Crippen LogP contribution is 2.13. The molecule has 0 radical (unpaired) electrons. The van der Waals surface area contributed by atoms with E-state index in [9.17, 15) is 9.18 Å². The summed E-state index contributed by atoms with van der Waals surface area (Å²) in [6, 6.07) is 3.80.